The van der Waals surface area contributed by atoms with Gasteiger partial charge in [-0.05, 0) is 37.5 Å². The van der Waals surface area contributed by atoms with Crippen molar-refractivity contribution in [2.45, 2.75) is 31.4 Å². The van der Waals surface area contributed by atoms with Gasteiger partial charge in [0.25, 0.3) is 0 Å². The molecule has 3 nitrogen and oxygen atoms in total. The average Bonchev–Trinajstić information content (AvgIpc) is 2.90. The van der Waals surface area contributed by atoms with Crippen molar-refractivity contribution in [2.75, 3.05) is 12.4 Å². The number of rotatable bonds is 3. The molecule has 1 fully saturated rings. The molecule has 3 rings (SSSR count). The normalized spacial score (nSPS) is 22.4. The third-order valence-electron chi connectivity index (χ3n) is 3.88. The van der Waals surface area contributed by atoms with E-state index < -0.39 is 0 Å². The van der Waals surface area contributed by atoms with Gasteiger partial charge < -0.3 is 10.1 Å². The Kier molecular flexibility index (Phi) is 3.76. The van der Waals surface area contributed by atoms with Crippen LogP contribution in [0.3, 0.4) is 0 Å². The van der Waals surface area contributed by atoms with Crippen LogP contribution in [0.4, 0.5) is 10.1 Å². The molecule has 1 aliphatic carbocycles. The summed E-state index contributed by atoms with van der Waals surface area (Å²) in [5.74, 6) is -0.342. The fourth-order valence-electron chi connectivity index (χ4n) is 2.77. The molecule has 0 amide bonds. The lowest BCUT2D eigenvalue weighted by Gasteiger charge is -2.15. The van der Waals surface area contributed by atoms with Crippen molar-refractivity contribution in [2.24, 2.45) is 0 Å². The molecule has 0 radical (unpaired) electrons. The molecule has 2 unspecified atom stereocenters. The quantitative estimate of drug-likeness (QED) is 0.929. The fourth-order valence-corrected chi connectivity index (χ4v) is 2.98. The first kappa shape index (κ1) is 13.6. The molecule has 20 heavy (non-hydrogen) atoms. The first-order chi connectivity index (χ1) is 9.69. The van der Waals surface area contributed by atoms with Gasteiger partial charge in [-0.15, -0.1) is 0 Å². The minimum atomic E-state index is -0.342. The maximum absolute atomic E-state index is 14.5. The number of benzene rings is 1. The number of pyridine rings is 1. The average molecular weight is 295 g/mol. The molecule has 106 valence electrons. The lowest BCUT2D eigenvalue weighted by Crippen LogP contribution is -2.18. The second-order valence-electron chi connectivity index (χ2n) is 5.13. The Balaban J connectivity index is 1.88. The van der Waals surface area contributed by atoms with Crippen molar-refractivity contribution in [3.8, 4) is 0 Å². The van der Waals surface area contributed by atoms with Gasteiger partial charge in [-0.1, -0.05) is 11.6 Å². The third-order valence-corrected chi connectivity index (χ3v) is 4.21. The summed E-state index contributed by atoms with van der Waals surface area (Å²) in [5.41, 5.74) is 0.790. The Bertz CT molecular complexity index is 635. The van der Waals surface area contributed by atoms with E-state index >= 15 is 0 Å². The fraction of sp³-hybridized carbons (Fsp3) is 0.400. The summed E-state index contributed by atoms with van der Waals surface area (Å²) in [4.78, 5) is 4.08. The Morgan fingerprint density at radius 2 is 2.20 bits per heavy atom. The van der Waals surface area contributed by atoms with Crippen LogP contribution < -0.4 is 5.32 Å². The molecule has 5 heteroatoms. The molecule has 1 aromatic heterocycles. The largest absolute Gasteiger partial charge is 0.381 e. The molecule has 1 heterocycles. The van der Waals surface area contributed by atoms with Gasteiger partial charge in [0.1, 0.15) is 5.52 Å². The number of anilines is 1. The van der Waals surface area contributed by atoms with E-state index in [0.717, 1.165) is 19.3 Å². The number of fused-ring (bicyclic) bond motifs is 1. The van der Waals surface area contributed by atoms with Gasteiger partial charge in [0.05, 0.1) is 16.8 Å². The molecular weight excluding hydrogens is 279 g/mol. The molecular formula is C15H16ClFN2O. The van der Waals surface area contributed by atoms with Gasteiger partial charge in [0.2, 0.25) is 0 Å². The van der Waals surface area contributed by atoms with E-state index in [1.165, 1.54) is 6.20 Å². The maximum Gasteiger partial charge on any atom is 0.172 e. The van der Waals surface area contributed by atoms with Crippen molar-refractivity contribution in [1.82, 2.24) is 4.98 Å². The van der Waals surface area contributed by atoms with E-state index in [-0.39, 0.29) is 18.0 Å². The number of nitrogens with zero attached hydrogens (tertiary/aromatic N) is 1. The SMILES string of the molecule is COC1CCC(Nc2ccc3c(Cl)ccnc3c2F)C1. The molecule has 2 aromatic rings. The van der Waals surface area contributed by atoms with Crippen LogP contribution in [0.5, 0.6) is 0 Å². The molecule has 1 saturated carbocycles. The number of ether oxygens (including phenoxy) is 1. The van der Waals surface area contributed by atoms with Gasteiger partial charge in [0.15, 0.2) is 5.82 Å². The molecule has 1 aromatic carbocycles. The van der Waals surface area contributed by atoms with Crippen LogP contribution in [0.25, 0.3) is 10.9 Å². The van der Waals surface area contributed by atoms with Crippen molar-refractivity contribution < 1.29 is 9.13 Å². The second kappa shape index (κ2) is 5.54. The first-order valence-electron chi connectivity index (χ1n) is 6.71. The first-order valence-corrected chi connectivity index (χ1v) is 7.09. The predicted octanol–water partition coefficient (Wildman–Crippen LogP) is 4.01. The minimum Gasteiger partial charge on any atom is -0.381 e. The Labute approximate surface area is 122 Å². The Morgan fingerprint density at radius 3 is 2.95 bits per heavy atom. The third kappa shape index (κ3) is 2.45. The zero-order chi connectivity index (χ0) is 14.1. The van der Waals surface area contributed by atoms with Gasteiger partial charge in [-0.3, -0.25) is 4.98 Å². The zero-order valence-corrected chi connectivity index (χ0v) is 12.0. The summed E-state index contributed by atoms with van der Waals surface area (Å²) in [6.45, 7) is 0. The van der Waals surface area contributed by atoms with Crippen LogP contribution in [0.2, 0.25) is 5.02 Å². The Morgan fingerprint density at radius 1 is 1.35 bits per heavy atom. The summed E-state index contributed by atoms with van der Waals surface area (Å²) in [5, 5.41) is 4.40. The summed E-state index contributed by atoms with van der Waals surface area (Å²) in [6, 6.07) is 5.44. The summed E-state index contributed by atoms with van der Waals surface area (Å²) < 4.78 is 19.8. The number of methoxy groups -OCH3 is 1. The highest BCUT2D eigenvalue weighted by molar-refractivity contribution is 6.35. The van der Waals surface area contributed by atoms with Crippen LogP contribution in [0, 0.1) is 5.82 Å². The standard InChI is InChI=1S/C15H16ClFN2O/c1-20-10-3-2-9(8-10)19-13-5-4-11-12(16)6-7-18-15(11)14(13)17/h4-7,9-10,19H,2-3,8H2,1H3. The van der Waals surface area contributed by atoms with E-state index in [0.29, 0.717) is 21.6 Å². The summed E-state index contributed by atoms with van der Waals surface area (Å²) in [6.07, 6.45) is 4.68. The molecule has 0 bridgehead atoms. The van der Waals surface area contributed by atoms with Crippen LogP contribution >= 0.6 is 11.6 Å². The van der Waals surface area contributed by atoms with E-state index in [4.69, 9.17) is 16.3 Å². The van der Waals surface area contributed by atoms with Crippen LogP contribution in [-0.4, -0.2) is 24.2 Å². The topological polar surface area (TPSA) is 34.1 Å². The van der Waals surface area contributed by atoms with Crippen LogP contribution in [-0.2, 0) is 4.74 Å². The second-order valence-corrected chi connectivity index (χ2v) is 5.54. The summed E-state index contributed by atoms with van der Waals surface area (Å²) >= 11 is 6.05. The zero-order valence-electron chi connectivity index (χ0n) is 11.2. The van der Waals surface area contributed by atoms with Gasteiger partial charge in [-0.2, -0.15) is 0 Å². The van der Waals surface area contributed by atoms with E-state index in [1.807, 2.05) is 0 Å². The Hall–Kier alpha value is -1.39. The lowest BCUT2D eigenvalue weighted by molar-refractivity contribution is 0.108. The van der Waals surface area contributed by atoms with Crippen molar-refractivity contribution in [3.05, 3.63) is 35.2 Å². The molecule has 0 spiro atoms. The highest BCUT2D eigenvalue weighted by atomic mass is 35.5. The number of hydrogen-bond donors (Lipinski definition) is 1. The number of hydrogen-bond acceptors (Lipinski definition) is 3. The van der Waals surface area contributed by atoms with Gasteiger partial charge >= 0.3 is 0 Å². The van der Waals surface area contributed by atoms with Crippen molar-refractivity contribution in [3.63, 3.8) is 0 Å². The van der Waals surface area contributed by atoms with E-state index in [1.54, 1.807) is 25.3 Å². The molecule has 1 aliphatic rings. The van der Waals surface area contributed by atoms with E-state index in [2.05, 4.69) is 10.3 Å². The lowest BCUT2D eigenvalue weighted by atomic mass is 10.1. The predicted molar refractivity (Wildman–Crippen MR) is 78.8 cm³/mol. The monoisotopic (exact) mass is 294 g/mol. The number of halogens is 2. The van der Waals surface area contributed by atoms with Crippen molar-refractivity contribution in [1.29, 1.82) is 0 Å². The van der Waals surface area contributed by atoms with Gasteiger partial charge in [-0.25, -0.2) is 4.39 Å². The number of nitrogens with one attached hydrogen (secondary N) is 1. The van der Waals surface area contributed by atoms with Gasteiger partial charge in [0, 0.05) is 24.7 Å². The molecule has 2 atom stereocenters. The number of aromatic nitrogens is 1. The van der Waals surface area contributed by atoms with E-state index in [9.17, 15) is 4.39 Å². The molecule has 0 saturated heterocycles. The molecule has 0 aliphatic heterocycles. The molecule has 1 N–H and O–H groups in total. The van der Waals surface area contributed by atoms with Crippen molar-refractivity contribution >= 4 is 28.2 Å². The summed E-state index contributed by atoms with van der Waals surface area (Å²) in [7, 11) is 1.72. The maximum atomic E-state index is 14.5. The van der Waals surface area contributed by atoms with Crippen LogP contribution in [0.1, 0.15) is 19.3 Å². The minimum absolute atomic E-state index is 0.242. The highest BCUT2D eigenvalue weighted by Crippen LogP contribution is 2.30. The smallest absolute Gasteiger partial charge is 0.172 e. The highest BCUT2D eigenvalue weighted by Gasteiger charge is 2.25. The van der Waals surface area contributed by atoms with Crippen LogP contribution in [0.15, 0.2) is 24.4 Å².